The summed E-state index contributed by atoms with van der Waals surface area (Å²) in [7, 11) is 0. The average Bonchev–Trinajstić information content (AvgIpc) is 2.39. The van der Waals surface area contributed by atoms with E-state index in [-0.39, 0.29) is 23.3 Å². The topological polar surface area (TPSA) is 89.8 Å². The Labute approximate surface area is 111 Å². The number of carbonyl (C=O) groups is 1. The van der Waals surface area contributed by atoms with Gasteiger partial charge in [-0.2, -0.15) is 0 Å². The van der Waals surface area contributed by atoms with Crippen molar-refractivity contribution in [1.29, 1.82) is 0 Å². The van der Waals surface area contributed by atoms with E-state index in [1.54, 1.807) is 0 Å². The van der Waals surface area contributed by atoms with Gasteiger partial charge in [0, 0.05) is 6.54 Å². The molecule has 1 aliphatic rings. The van der Waals surface area contributed by atoms with Crippen molar-refractivity contribution in [3.8, 4) is 11.5 Å². The third-order valence-electron chi connectivity index (χ3n) is 3.57. The van der Waals surface area contributed by atoms with Crippen LogP contribution in [0.1, 0.15) is 36.0 Å². The minimum atomic E-state index is -0.409. The van der Waals surface area contributed by atoms with Gasteiger partial charge in [-0.25, -0.2) is 0 Å². The lowest BCUT2D eigenvalue weighted by atomic mass is 9.87. The van der Waals surface area contributed by atoms with Crippen LogP contribution in [0, 0.1) is 5.92 Å². The van der Waals surface area contributed by atoms with Gasteiger partial charge >= 0.3 is 0 Å². The molecule has 19 heavy (non-hydrogen) atoms. The maximum atomic E-state index is 11.9. The SMILES string of the molecule is O=C(NCC1CCCC(O)C1)c1cccc(O)c1O. The molecule has 104 valence electrons. The standard InChI is InChI=1S/C14H19NO4/c16-10-4-1-3-9(7-10)8-15-14(19)11-5-2-6-12(17)13(11)18/h2,5-6,9-10,16-18H,1,3-4,7-8H2,(H,15,19). The molecule has 0 radical (unpaired) electrons. The van der Waals surface area contributed by atoms with Gasteiger partial charge in [0.1, 0.15) is 0 Å². The molecule has 2 unspecified atom stereocenters. The number of aliphatic hydroxyl groups is 1. The van der Waals surface area contributed by atoms with Crippen molar-refractivity contribution in [1.82, 2.24) is 5.32 Å². The second kappa shape index (κ2) is 5.93. The Morgan fingerprint density at radius 1 is 1.32 bits per heavy atom. The number of phenolic OH excluding ortho intramolecular Hbond substituents is 2. The molecule has 1 saturated carbocycles. The van der Waals surface area contributed by atoms with E-state index in [0.29, 0.717) is 13.0 Å². The molecule has 0 aliphatic heterocycles. The van der Waals surface area contributed by atoms with E-state index in [4.69, 9.17) is 0 Å². The van der Waals surface area contributed by atoms with Gasteiger partial charge in [0.05, 0.1) is 11.7 Å². The Kier molecular flexibility index (Phi) is 4.27. The van der Waals surface area contributed by atoms with Gasteiger partial charge in [0.15, 0.2) is 11.5 Å². The number of aliphatic hydroxyl groups excluding tert-OH is 1. The summed E-state index contributed by atoms with van der Waals surface area (Å²) < 4.78 is 0. The summed E-state index contributed by atoms with van der Waals surface area (Å²) in [4.78, 5) is 11.9. The van der Waals surface area contributed by atoms with E-state index >= 15 is 0 Å². The Balaban J connectivity index is 1.92. The third-order valence-corrected chi connectivity index (χ3v) is 3.57. The van der Waals surface area contributed by atoms with Crippen LogP contribution in [0.4, 0.5) is 0 Å². The second-order valence-electron chi connectivity index (χ2n) is 5.07. The van der Waals surface area contributed by atoms with E-state index in [0.717, 1.165) is 19.3 Å². The summed E-state index contributed by atoms with van der Waals surface area (Å²) in [5.74, 6) is -0.843. The molecule has 1 aliphatic carbocycles. The summed E-state index contributed by atoms with van der Waals surface area (Å²) >= 11 is 0. The molecule has 1 aromatic carbocycles. The number of nitrogens with one attached hydrogen (secondary N) is 1. The van der Waals surface area contributed by atoms with Crippen molar-refractivity contribution in [3.05, 3.63) is 23.8 Å². The lowest BCUT2D eigenvalue weighted by Gasteiger charge is -2.25. The number of amides is 1. The number of carbonyl (C=O) groups excluding carboxylic acids is 1. The van der Waals surface area contributed by atoms with Gasteiger partial charge in [-0.05, 0) is 37.3 Å². The molecule has 2 atom stereocenters. The summed E-state index contributed by atoms with van der Waals surface area (Å²) in [5, 5.41) is 31.2. The largest absolute Gasteiger partial charge is 0.504 e. The monoisotopic (exact) mass is 265 g/mol. The zero-order chi connectivity index (χ0) is 13.8. The van der Waals surface area contributed by atoms with Crippen molar-refractivity contribution < 1.29 is 20.1 Å². The Hall–Kier alpha value is -1.75. The smallest absolute Gasteiger partial charge is 0.255 e. The molecule has 0 heterocycles. The minimum Gasteiger partial charge on any atom is -0.504 e. The van der Waals surface area contributed by atoms with Crippen molar-refractivity contribution in [2.75, 3.05) is 6.54 Å². The van der Waals surface area contributed by atoms with Gasteiger partial charge in [0.25, 0.3) is 5.91 Å². The fraction of sp³-hybridized carbons (Fsp3) is 0.500. The van der Waals surface area contributed by atoms with Crippen LogP contribution in [-0.4, -0.2) is 33.9 Å². The first-order valence-electron chi connectivity index (χ1n) is 6.55. The van der Waals surface area contributed by atoms with Crippen molar-refractivity contribution in [2.24, 2.45) is 5.92 Å². The predicted octanol–water partition coefficient (Wildman–Crippen LogP) is 1.38. The maximum absolute atomic E-state index is 11.9. The first kappa shape index (κ1) is 13.7. The molecule has 0 spiro atoms. The van der Waals surface area contributed by atoms with E-state index in [1.807, 2.05) is 0 Å². The molecule has 4 N–H and O–H groups in total. The Morgan fingerprint density at radius 2 is 2.11 bits per heavy atom. The van der Waals surface area contributed by atoms with Crippen LogP contribution in [0.15, 0.2) is 18.2 Å². The molecular formula is C14H19NO4. The van der Waals surface area contributed by atoms with Gasteiger partial charge in [-0.15, -0.1) is 0 Å². The summed E-state index contributed by atoms with van der Waals surface area (Å²) in [5.41, 5.74) is 0.0661. The molecule has 5 heteroatoms. The summed E-state index contributed by atoms with van der Waals surface area (Å²) in [6.45, 7) is 0.477. The summed E-state index contributed by atoms with van der Waals surface area (Å²) in [6.07, 6.45) is 3.22. The lowest BCUT2D eigenvalue weighted by molar-refractivity contribution is 0.0871. The van der Waals surface area contributed by atoms with Crippen molar-refractivity contribution >= 4 is 5.91 Å². The molecular weight excluding hydrogens is 246 g/mol. The van der Waals surface area contributed by atoms with Gasteiger partial charge < -0.3 is 20.6 Å². The molecule has 2 rings (SSSR count). The van der Waals surface area contributed by atoms with Crippen LogP contribution in [0.5, 0.6) is 11.5 Å². The van der Waals surface area contributed by atoms with E-state index in [1.165, 1.54) is 18.2 Å². The maximum Gasteiger partial charge on any atom is 0.255 e. The van der Waals surface area contributed by atoms with E-state index in [9.17, 15) is 20.1 Å². The van der Waals surface area contributed by atoms with Gasteiger partial charge in [-0.3, -0.25) is 4.79 Å². The van der Waals surface area contributed by atoms with Crippen molar-refractivity contribution in [3.63, 3.8) is 0 Å². The van der Waals surface area contributed by atoms with Crippen LogP contribution in [0.3, 0.4) is 0 Å². The highest BCUT2D eigenvalue weighted by Gasteiger charge is 2.21. The average molecular weight is 265 g/mol. The molecule has 1 amide bonds. The second-order valence-corrected chi connectivity index (χ2v) is 5.07. The molecule has 5 nitrogen and oxygen atoms in total. The van der Waals surface area contributed by atoms with Crippen LogP contribution in [0.2, 0.25) is 0 Å². The number of phenols is 2. The molecule has 0 bridgehead atoms. The zero-order valence-electron chi connectivity index (χ0n) is 10.7. The molecule has 0 aromatic heterocycles. The molecule has 0 saturated heterocycles. The summed E-state index contributed by atoms with van der Waals surface area (Å²) in [6, 6.07) is 4.29. The van der Waals surface area contributed by atoms with Crippen LogP contribution in [0.25, 0.3) is 0 Å². The molecule has 1 fully saturated rings. The lowest BCUT2D eigenvalue weighted by Crippen LogP contribution is -2.33. The Bertz CT molecular complexity index is 461. The third kappa shape index (κ3) is 3.38. The van der Waals surface area contributed by atoms with Crippen molar-refractivity contribution in [2.45, 2.75) is 31.8 Å². The minimum absolute atomic E-state index is 0.0661. The number of rotatable bonds is 3. The Morgan fingerprint density at radius 3 is 2.84 bits per heavy atom. The fourth-order valence-electron chi connectivity index (χ4n) is 2.49. The number of aromatic hydroxyl groups is 2. The number of benzene rings is 1. The number of para-hydroxylation sites is 1. The first-order chi connectivity index (χ1) is 9.08. The zero-order valence-corrected chi connectivity index (χ0v) is 10.7. The predicted molar refractivity (Wildman–Crippen MR) is 70.1 cm³/mol. The van der Waals surface area contributed by atoms with E-state index < -0.39 is 11.7 Å². The van der Waals surface area contributed by atoms with Gasteiger partial charge in [0.2, 0.25) is 0 Å². The quantitative estimate of drug-likeness (QED) is 0.621. The number of hydrogen-bond donors (Lipinski definition) is 4. The highest BCUT2D eigenvalue weighted by molar-refractivity contribution is 5.97. The fourth-order valence-corrected chi connectivity index (χ4v) is 2.49. The number of hydrogen-bond acceptors (Lipinski definition) is 4. The highest BCUT2D eigenvalue weighted by Crippen LogP contribution is 2.28. The van der Waals surface area contributed by atoms with Crippen LogP contribution in [-0.2, 0) is 0 Å². The normalized spacial score (nSPS) is 23.0. The van der Waals surface area contributed by atoms with Crippen LogP contribution < -0.4 is 5.32 Å². The first-order valence-corrected chi connectivity index (χ1v) is 6.55. The van der Waals surface area contributed by atoms with Gasteiger partial charge in [-0.1, -0.05) is 12.5 Å². The van der Waals surface area contributed by atoms with E-state index in [2.05, 4.69) is 5.32 Å². The highest BCUT2D eigenvalue weighted by atomic mass is 16.3. The van der Waals surface area contributed by atoms with Crippen LogP contribution >= 0.6 is 0 Å². The molecule has 1 aromatic rings.